The van der Waals surface area contributed by atoms with E-state index in [1.54, 1.807) is 31.2 Å². The zero-order chi connectivity index (χ0) is 20.2. The molecule has 0 heterocycles. The molecule has 0 aromatic heterocycles. The zero-order valence-electron chi connectivity index (χ0n) is 16.3. The molecule has 0 saturated carbocycles. The highest BCUT2D eigenvalue weighted by atomic mass is 32.2. The van der Waals surface area contributed by atoms with Crippen LogP contribution >= 0.6 is 0 Å². The molecule has 0 fully saturated rings. The van der Waals surface area contributed by atoms with Crippen LogP contribution in [-0.4, -0.2) is 33.7 Å². The largest absolute Gasteiger partial charge is 0.497 e. The van der Waals surface area contributed by atoms with Crippen molar-refractivity contribution >= 4 is 27.3 Å². The molecule has 6 nitrogen and oxygen atoms in total. The van der Waals surface area contributed by atoms with Gasteiger partial charge in [-0.25, -0.2) is 8.42 Å². The van der Waals surface area contributed by atoms with Crippen molar-refractivity contribution in [3.8, 4) is 5.75 Å². The number of nitrogens with zero attached hydrogens (tertiary/aromatic N) is 1. The summed E-state index contributed by atoms with van der Waals surface area (Å²) in [6.45, 7) is 5.74. The van der Waals surface area contributed by atoms with E-state index in [1.807, 2.05) is 32.0 Å². The standard InChI is InChI=1S/C20H26N2O4S/c1-6-19(20(23)21-16-8-7-14(2)15(3)13-16)22(27(5,24)25)17-9-11-18(26-4)12-10-17/h7-13,19H,6H2,1-5H3,(H,21,23)/t19-/m0/s1. The Hall–Kier alpha value is -2.54. The summed E-state index contributed by atoms with van der Waals surface area (Å²) in [5.74, 6) is 0.238. The summed E-state index contributed by atoms with van der Waals surface area (Å²) < 4.78 is 31.2. The molecule has 2 aromatic rings. The summed E-state index contributed by atoms with van der Waals surface area (Å²) in [4.78, 5) is 12.9. The van der Waals surface area contributed by atoms with E-state index in [9.17, 15) is 13.2 Å². The molecule has 0 aliphatic heterocycles. The van der Waals surface area contributed by atoms with Crippen LogP contribution in [0.25, 0.3) is 0 Å². The van der Waals surface area contributed by atoms with Crippen molar-refractivity contribution in [1.82, 2.24) is 0 Å². The smallest absolute Gasteiger partial charge is 0.248 e. The molecule has 0 bridgehead atoms. The van der Waals surface area contributed by atoms with Crippen LogP contribution in [0.4, 0.5) is 11.4 Å². The maximum Gasteiger partial charge on any atom is 0.248 e. The Kier molecular flexibility index (Phi) is 6.49. The SMILES string of the molecule is CC[C@@H](C(=O)Nc1ccc(C)c(C)c1)N(c1ccc(OC)cc1)S(C)(=O)=O. The summed E-state index contributed by atoms with van der Waals surface area (Å²) in [7, 11) is -2.13. The summed E-state index contributed by atoms with van der Waals surface area (Å²) in [5, 5.41) is 2.84. The average Bonchev–Trinajstić information content (AvgIpc) is 2.61. The number of anilines is 2. The highest BCUT2D eigenvalue weighted by Gasteiger charge is 2.31. The van der Waals surface area contributed by atoms with Crippen LogP contribution in [0.5, 0.6) is 5.75 Å². The van der Waals surface area contributed by atoms with Crippen molar-refractivity contribution in [3.05, 3.63) is 53.6 Å². The molecule has 146 valence electrons. The van der Waals surface area contributed by atoms with Crippen molar-refractivity contribution in [2.24, 2.45) is 0 Å². The lowest BCUT2D eigenvalue weighted by molar-refractivity contribution is -0.117. The second kappa shape index (κ2) is 8.43. The molecule has 0 aliphatic carbocycles. The molecule has 7 heteroatoms. The van der Waals surface area contributed by atoms with Crippen molar-refractivity contribution in [2.75, 3.05) is 23.0 Å². The van der Waals surface area contributed by atoms with Crippen LogP contribution in [-0.2, 0) is 14.8 Å². The Morgan fingerprint density at radius 2 is 1.74 bits per heavy atom. The molecule has 27 heavy (non-hydrogen) atoms. The summed E-state index contributed by atoms with van der Waals surface area (Å²) in [6.07, 6.45) is 1.43. The lowest BCUT2D eigenvalue weighted by Crippen LogP contribution is -2.47. The van der Waals surface area contributed by atoms with Gasteiger partial charge in [-0.15, -0.1) is 0 Å². The third-order valence-electron chi connectivity index (χ3n) is 4.43. The van der Waals surface area contributed by atoms with E-state index in [0.717, 1.165) is 21.7 Å². The van der Waals surface area contributed by atoms with Crippen molar-refractivity contribution in [2.45, 2.75) is 33.2 Å². The quantitative estimate of drug-likeness (QED) is 0.785. The number of ether oxygens (including phenoxy) is 1. The molecule has 0 unspecified atom stereocenters. The number of rotatable bonds is 7. The molecule has 1 atom stereocenters. The second-order valence-electron chi connectivity index (χ2n) is 6.47. The van der Waals surface area contributed by atoms with Gasteiger partial charge in [0.15, 0.2) is 0 Å². The van der Waals surface area contributed by atoms with Gasteiger partial charge in [0.1, 0.15) is 11.8 Å². The summed E-state index contributed by atoms with van der Waals surface area (Å²) >= 11 is 0. The van der Waals surface area contributed by atoms with E-state index >= 15 is 0 Å². The molecule has 2 aromatic carbocycles. The number of hydrogen-bond donors (Lipinski definition) is 1. The van der Waals surface area contributed by atoms with E-state index in [1.165, 1.54) is 7.11 Å². The van der Waals surface area contributed by atoms with Gasteiger partial charge in [-0.1, -0.05) is 13.0 Å². The van der Waals surface area contributed by atoms with E-state index < -0.39 is 16.1 Å². The minimum Gasteiger partial charge on any atom is -0.497 e. The van der Waals surface area contributed by atoms with E-state index in [2.05, 4.69) is 5.32 Å². The third-order valence-corrected chi connectivity index (χ3v) is 5.61. The van der Waals surface area contributed by atoms with Crippen LogP contribution in [0.1, 0.15) is 24.5 Å². The fourth-order valence-electron chi connectivity index (χ4n) is 2.83. The van der Waals surface area contributed by atoms with Gasteiger partial charge in [-0.05, 0) is 67.8 Å². The number of carbonyl (C=O) groups is 1. The topological polar surface area (TPSA) is 75.7 Å². The van der Waals surface area contributed by atoms with Gasteiger partial charge < -0.3 is 10.1 Å². The number of nitrogens with one attached hydrogen (secondary N) is 1. The van der Waals surface area contributed by atoms with Crippen molar-refractivity contribution in [3.63, 3.8) is 0 Å². The predicted molar refractivity (Wildman–Crippen MR) is 109 cm³/mol. The van der Waals surface area contributed by atoms with Gasteiger partial charge in [0, 0.05) is 5.69 Å². The third kappa shape index (κ3) is 5.01. The van der Waals surface area contributed by atoms with Gasteiger partial charge in [0.2, 0.25) is 15.9 Å². The number of aryl methyl sites for hydroxylation is 2. The average molecular weight is 391 g/mol. The maximum atomic E-state index is 12.9. The highest BCUT2D eigenvalue weighted by molar-refractivity contribution is 7.92. The minimum absolute atomic E-state index is 0.329. The molecular weight excluding hydrogens is 364 g/mol. The molecule has 1 N–H and O–H groups in total. The molecule has 0 radical (unpaired) electrons. The zero-order valence-corrected chi connectivity index (χ0v) is 17.1. The molecule has 1 amide bonds. The Balaban J connectivity index is 2.35. The Morgan fingerprint density at radius 1 is 1.11 bits per heavy atom. The maximum absolute atomic E-state index is 12.9. The fraction of sp³-hybridized carbons (Fsp3) is 0.350. The van der Waals surface area contributed by atoms with Gasteiger partial charge >= 0.3 is 0 Å². The number of hydrogen-bond acceptors (Lipinski definition) is 4. The number of amides is 1. The highest BCUT2D eigenvalue weighted by Crippen LogP contribution is 2.26. The summed E-state index contributed by atoms with van der Waals surface area (Å²) in [6, 6.07) is 11.3. The first-order valence-corrected chi connectivity index (χ1v) is 10.5. The van der Waals surface area contributed by atoms with Gasteiger partial charge in [-0.3, -0.25) is 9.10 Å². The Morgan fingerprint density at radius 3 is 2.22 bits per heavy atom. The fourth-order valence-corrected chi connectivity index (χ4v) is 4.05. The molecule has 0 aliphatic rings. The first-order valence-electron chi connectivity index (χ1n) is 8.69. The number of methoxy groups -OCH3 is 1. The van der Waals surface area contributed by atoms with Gasteiger partial charge in [0.05, 0.1) is 19.1 Å². The molecule has 0 spiro atoms. The van der Waals surface area contributed by atoms with Gasteiger partial charge in [-0.2, -0.15) is 0 Å². The van der Waals surface area contributed by atoms with Crippen LogP contribution < -0.4 is 14.4 Å². The first kappa shape index (κ1) is 20.8. The lowest BCUT2D eigenvalue weighted by atomic mass is 10.1. The van der Waals surface area contributed by atoms with E-state index in [4.69, 9.17) is 4.74 Å². The second-order valence-corrected chi connectivity index (χ2v) is 8.33. The Labute approximate surface area is 161 Å². The monoisotopic (exact) mass is 390 g/mol. The first-order chi connectivity index (χ1) is 12.7. The molecule has 0 saturated heterocycles. The lowest BCUT2D eigenvalue weighted by Gasteiger charge is -2.30. The van der Waals surface area contributed by atoms with Crippen LogP contribution in [0.15, 0.2) is 42.5 Å². The van der Waals surface area contributed by atoms with E-state index in [0.29, 0.717) is 23.5 Å². The minimum atomic E-state index is -3.67. The summed E-state index contributed by atoms with van der Waals surface area (Å²) in [5.41, 5.74) is 3.23. The molecular formula is C20H26N2O4S. The number of sulfonamides is 1. The van der Waals surface area contributed by atoms with Crippen molar-refractivity contribution < 1.29 is 17.9 Å². The van der Waals surface area contributed by atoms with E-state index in [-0.39, 0.29) is 5.91 Å². The number of carbonyl (C=O) groups excluding carboxylic acids is 1. The predicted octanol–water partition coefficient (Wildman–Crippen LogP) is 3.50. The van der Waals surface area contributed by atoms with Crippen molar-refractivity contribution in [1.29, 1.82) is 0 Å². The molecule has 2 rings (SSSR count). The van der Waals surface area contributed by atoms with Crippen LogP contribution in [0, 0.1) is 13.8 Å². The normalized spacial score (nSPS) is 12.3. The number of benzene rings is 2. The van der Waals surface area contributed by atoms with Crippen LogP contribution in [0.2, 0.25) is 0 Å². The van der Waals surface area contributed by atoms with Gasteiger partial charge in [0.25, 0.3) is 0 Å². The van der Waals surface area contributed by atoms with Crippen LogP contribution in [0.3, 0.4) is 0 Å². The Bertz CT molecular complexity index is 908.